The molecule has 0 aliphatic rings. The molecule has 4 heteroatoms. The molecule has 0 aliphatic heterocycles. The lowest BCUT2D eigenvalue weighted by molar-refractivity contribution is 0.417. The average molecular weight is 393 g/mol. The van der Waals surface area contributed by atoms with E-state index in [2.05, 4.69) is 48.3 Å². The summed E-state index contributed by atoms with van der Waals surface area (Å²) in [6, 6.07) is 16.7. The Balaban J connectivity index is 2.00. The molecule has 1 heterocycles. The van der Waals surface area contributed by atoms with Crippen LogP contribution in [-0.2, 0) is 6.42 Å². The second-order valence-corrected chi connectivity index (χ2v) is 7.65. The number of fused-ring (bicyclic) bond motifs is 2. The van der Waals surface area contributed by atoms with Gasteiger partial charge in [-0.15, -0.1) is 0 Å². The highest BCUT2D eigenvalue weighted by molar-refractivity contribution is 6.36. The van der Waals surface area contributed by atoms with Crippen LogP contribution in [0.4, 0.5) is 0 Å². The smallest absolute Gasteiger partial charge is 0.128 e. The van der Waals surface area contributed by atoms with Crippen LogP contribution < -0.4 is 10.5 Å². The number of rotatable bonds is 6. The molecule has 1 aromatic heterocycles. The maximum Gasteiger partial charge on any atom is 0.128 e. The third-order valence-corrected chi connectivity index (χ3v) is 5.75. The lowest BCUT2D eigenvalue weighted by atomic mass is 9.97. The number of aryl methyl sites for hydroxylation is 2. The number of nitrogens with two attached hydrogens (primary N) is 1. The van der Waals surface area contributed by atoms with Crippen LogP contribution in [0.3, 0.4) is 0 Å². The number of aromatic amines is 1. The maximum atomic E-state index is 6.64. The predicted molar refractivity (Wildman–Crippen MR) is 120 cm³/mol. The molecule has 3 aromatic carbocycles. The average Bonchev–Trinajstić information content (AvgIpc) is 3.10. The number of H-pyrrole nitrogens is 1. The molecule has 28 heavy (non-hydrogen) atoms. The molecule has 0 spiro atoms. The van der Waals surface area contributed by atoms with E-state index in [1.807, 2.05) is 12.1 Å². The number of hydrogen-bond acceptors (Lipinski definition) is 2. The zero-order valence-corrected chi connectivity index (χ0v) is 17.1. The van der Waals surface area contributed by atoms with Crippen LogP contribution in [0.1, 0.15) is 24.0 Å². The summed E-state index contributed by atoms with van der Waals surface area (Å²) in [6.07, 6.45) is 2.94. The second kappa shape index (κ2) is 7.86. The number of halogens is 1. The van der Waals surface area contributed by atoms with Crippen LogP contribution >= 0.6 is 11.6 Å². The summed E-state index contributed by atoms with van der Waals surface area (Å²) in [6.45, 7) is 2.81. The van der Waals surface area contributed by atoms with Crippen LogP contribution in [0.5, 0.6) is 5.75 Å². The summed E-state index contributed by atoms with van der Waals surface area (Å²) in [5, 5.41) is 4.25. The Morgan fingerprint density at radius 3 is 2.50 bits per heavy atom. The second-order valence-electron chi connectivity index (χ2n) is 7.24. The molecule has 0 saturated carbocycles. The van der Waals surface area contributed by atoms with E-state index in [1.165, 1.54) is 16.5 Å². The van der Waals surface area contributed by atoms with E-state index < -0.39 is 0 Å². The van der Waals surface area contributed by atoms with Gasteiger partial charge in [-0.25, -0.2) is 0 Å². The van der Waals surface area contributed by atoms with Crippen LogP contribution in [0.2, 0.25) is 5.02 Å². The number of hydrogen-bond donors (Lipinski definition) is 2. The van der Waals surface area contributed by atoms with E-state index in [9.17, 15) is 0 Å². The van der Waals surface area contributed by atoms with Gasteiger partial charge in [-0.1, -0.05) is 41.9 Å². The van der Waals surface area contributed by atoms with Crippen molar-refractivity contribution in [2.45, 2.75) is 26.2 Å². The first-order chi connectivity index (χ1) is 13.6. The van der Waals surface area contributed by atoms with Crippen molar-refractivity contribution in [3.8, 4) is 17.0 Å². The van der Waals surface area contributed by atoms with Gasteiger partial charge in [0.2, 0.25) is 0 Å². The number of unbranched alkanes of at least 4 members (excludes halogenated alkanes) is 1. The molecule has 0 aliphatic carbocycles. The molecule has 0 saturated heterocycles. The minimum atomic E-state index is 0.698. The Morgan fingerprint density at radius 2 is 1.79 bits per heavy atom. The first-order valence-electron chi connectivity index (χ1n) is 9.71. The summed E-state index contributed by atoms with van der Waals surface area (Å²) >= 11 is 6.64. The maximum absolute atomic E-state index is 6.64. The molecular weight excluding hydrogens is 368 g/mol. The van der Waals surface area contributed by atoms with E-state index in [1.54, 1.807) is 7.11 Å². The number of benzene rings is 3. The van der Waals surface area contributed by atoms with Gasteiger partial charge in [0.15, 0.2) is 0 Å². The van der Waals surface area contributed by atoms with Gasteiger partial charge in [0.1, 0.15) is 5.75 Å². The lowest BCUT2D eigenvalue weighted by Gasteiger charge is -2.12. The molecule has 4 aromatic rings. The van der Waals surface area contributed by atoms with Gasteiger partial charge in [0, 0.05) is 10.9 Å². The fourth-order valence-corrected chi connectivity index (χ4v) is 4.24. The highest BCUT2D eigenvalue weighted by Crippen LogP contribution is 2.41. The highest BCUT2D eigenvalue weighted by atomic mass is 35.5. The fourth-order valence-electron chi connectivity index (χ4n) is 3.97. The van der Waals surface area contributed by atoms with E-state index in [0.29, 0.717) is 6.54 Å². The monoisotopic (exact) mass is 392 g/mol. The predicted octanol–water partition coefficient (Wildman–Crippen LogP) is 6.24. The van der Waals surface area contributed by atoms with Crippen molar-refractivity contribution in [2.75, 3.05) is 13.7 Å². The Morgan fingerprint density at radius 1 is 1.04 bits per heavy atom. The Hall–Kier alpha value is -2.49. The van der Waals surface area contributed by atoms with Gasteiger partial charge in [-0.05, 0) is 72.8 Å². The molecular formula is C24H25ClN2O. The quantitative estimate of drug-likeness (QED) is 0.381. The Kier molecular flexibility index (Phi) is 5.29. The lowest BCUT2D eigenvalue weighted by Crippen LogP contribution is -1.99. The minimum absolute atomic E-state index is 0.698. The first-order valence-corrected chi connectivity index (χ1v) is 10.1. The number of nitrogens with one attached hydrogen (secondary N) is 1. The van der Waals surface area contributed by atoms with E-state index in [0.717, 1.165) is 57.6 Å². The molecule has 4 rings (SSSR count). The third-order valence-electron chi connectivity index (χ3n) is 5.43. The Bertz CT molecular complexity index is 1150. The van der Waals surface area contributed by atoms with Crippen molar-refractivity contribution in [2.24, 2.45) is 5.73 Å². The molecule has 0 radical (unpaired) electrons. The molecule has 0 atom stereocenters. The molecule has 144 valence electrons. The van der Waals surface area contributed by atoms with Gasteiger partial charge >= 0.3 is 0 Å². The van der Waals surface area contributed by atoms with Crippen molar-refractivity contribution in [3.05, 3.63) is 64.7 Å². The fraction of sp³-hybridized carbons (Fsp3) is 0.250. The van der Waals surface area contributed by atoms with E-state index in [4.69, 9.17) is 22.1 Å². The largest absolute Gasteiger partial charge is 0.496 e. The molecule has 3 nitrogen and oxygen atoms in total. The number of ether oxygens (including phenoxy) is 1. The van der Waals surface area contributed by atoms with Crippen molar-refractivity contribution in [3.63, 3.8) is 0 Å². The number of methoxy groups -OCH3 is 1. The normalized spacial score (nSPS) is 11.4. The highest BCUT2D eigenvalue weighted by Gasteiger charge is 2.19. The summed E-state index contributed by atoms with van der Waals surface area (Å²) in [7, 11) is 1.72. The molecule has 3 N–H and O–H groups in total. The van der Waals surface area contributed by atoms with E-state index >= 15 is 0 Å². The van der Waals surface area contributed by atoms with Gasteiger partial charge < -0.3 is 15.5 Å². The van der Waals surface area contributed by atoms with Gasteiger partial charge in [-0.2, -0.15) is 0 Å². The van der Waals surface area contributed by atoms with Crippen LogP contribution in [0.15, 0.2) is 48.5 Å². The van der Waals surface area contributed by atoms with Gasteiger partial charge in [-0.3, -0.25) is 0 Å². The first kappa shape index (κ1) is 18.9. The summed E-state index contributed by atoms with van der Waals surface area (Å²) in [5.41, 5.74) is 11.4. The topological polar surface area (TPSA) is 51.0 Å². The Labute approximate surface area is 170 Å². The van der Waals surface area contributed by atoms with Crippen LogP contribution in [-0.4, -0.2) is 18.6 Å². The summed E-state index contributed by atoms with van der Waals surface area (Å²) in [5.74, 6) is 0.860. The zero-order chi connectivity index (χ0) is 19.7. The minimum Gasteiger partial charge on any atom is -0.496 e. The molecule has 0 amide bonds. The van der Waals surface area contributed by atoms with Gasteiger partial charge in [0.05, 0.1) is 23.3 Å². The van der Waals surface area contributed by atoms with Crippen LogP contribution in [0, 0.1) is 6.92 Å². The summed E-state index contributed by atoms with van der Waals surface area (Å²) < 4.78 is 5.77. The van der Waals surface area contributed by atoms with Gasteiger partial charge in [0.25, 0.3) is 0 Å². The number of aromatic nitrogens is 1. The summed E-state index contributed by atoms with van der Waals surface area (Å²) in [4.78, 5) is 3.66. The van der Waals surface area contributed by atoms with E-state index in [-0.39, 0.29) is 0 Å². The SMILES string of the molecule is COc1cc2ccccc2cc1-c1[nH]c2c(C)ccc(Cl)c2c1CCCCN. The molecule has 0 unspecified atom stereocenters. The third kappa shape index (κ3) is 3.25. The van der Waals surface area contributed by atoms with Crippen LogP contribution in [0.25, 0.3) is 32.9 Å². The molecule has 0 fully saturated rings. The zero-order valence-electron chi connectivity index (χ0n) is 16.3. The van der Waals surface area contributed by atoms with Crippen molar-refractivity contribution in [1.29, 1.82) is 0 Å². The van der Waals surface area contributed by atoms with Crippen molar-refractivity contribution < 1.29 is 4.74 Å². The van der Waals surface area contributed by atoms with Crippen molar-refractivity contribution in [1.82, 2.24) is 4.98 Å². The standard InChI is InChI=1S/C24H25ClN2O/c1-15-10-11-20(25)22-18(9-5-6-12-26)24(27-23(15)22)19-13-16-7-3-4-8-17(16)14-21(19)28-2/h3-4,7-8,10-11,13-14,27H,5-6,9,12,26H2,1-2H3. The van der Waals surface area contributed by atoms with Crippen molar-refractivity contribution >= 4 is 33.3 Å². The molecule has 0 bridgehead atoms.